The minimum Gasteiger partial charge on any atom is -0.438 e. The van der Waals surface area contributed by atoms with E-state index in [9.17, 15) is 14.9 Å². The van der Waals surface area contributed by atoms with Crippen LogP contribution in [0.15, 0.2) is 65.1 Å². The zero-order valence-corrected chi connectivity index (χ0v) is 16.0. The Morgan fingerprint density at radius 1 is 1.13 bits per heavy atom. The Hall–Kier alpha value is -3.96. The second-order valence-electron chi connectivity index (χ2n) is 6.55. The summed E-state index contributed by atoms with van der Waals surface area (Å²) in [7, 11) is 0. The molecule has 30 heavy (non-hydrogen) atoms. The number of carbonyl (C=O) groups excluding carboxylic acids is 1. The molecule has 0 bridgehead atoms. The highest BCUT2D eigenvalue weighted by atomic mass is 16.5. The van der Waals surface area contributed by atoms with Crippen molar-refractivity contribution in [3.05, 3.63) is 76.2 Å². The largest absolute Gasteiger partial charge is 0.438 e. The maximum atomic E-state index is 13.1. The second-order valence-corrected chi connectivity index (χ2v) is 6.55. The molecule has 1 fully saturated rings. The van der Waals surface area contributed by atoms with Crippen LogP contribution in [0, 0.1) is 11.3 Å². The van der Waals surface area contributed by atoms with Gasteiger partial charge in [-0.15, -0.1) is 0 Å². The molecule has 0 aliphatic carbocycles. The van der Waals surface area contributed by atoms with E-state index in [2.05, 4.69) is 4.98 Å². The number of morpholine rings is 1. The van der Waals surface area contributed by atoms with E-state index in [4.69, 9.17) is 9.47 Å². The van der Waals surface area contributed by atoms with Crippen LogP contribution in [0.1, 0.15) is 5.56 Å². The van der Waals surface area contributed by atoms with E-state index in [1.165, 1.54) is 15.4 Å². The molecule has 0 N–H and O–H groups in total. The highest BCUT2D eigenvalue weighted by Gasteiger charge is 2.22. The number of rotatable bonds is 4. The van der Waals surface area contributed by atoms with E-state index in [1.54, 1.807) is 48.7 Å². The molecule has 2 aromatic heterocycles. The van der Waals surface area contributed by atoms with Gasteiger partial charge < -0.3 is 14.4 Å². The Bertz CT molecular complexity index is 1210. The number of para-hydroxylation sites is 1. The third-order valence-electron chi connectivity index (χ3n) is 4.63. The molecular weight excluding hydrogens is 384 g/mol. The van der Waals surface area contributed by atoms with Crippen LogP contribution in [-0.4, -0.2) is 46.5 Å². The average molecular weight is 402 g/mol. The SMILES string of the molecule is N#C/C(=C/c1c(Oc2ccccc2)nc2ccccn2c1=O)C(=O)N1CCOCC1. The van der Waals surface area contributed by atoms with E-state index in [0.29, 0.717) is 37.7 Å². The fourth-order valence-electron chi connectivity index (χ4n) is 3.11. The maximum Gasteiger partial charge on any atom is 0.269 e. The van der Waals surface area contributed by atoms with Crippen LogP contribution in [0.2, 0.25) is 0 Å². The zero-order chi connectivity index (χ0) is 20.9. The van der Waals surface area contributed by atoms with Crippen molar-refractivity contribution >= 4 is 17.6 Å². The summed E-state index contributed by atoms with van der Waals surface area (Å²) in [4.78, 5) is 31.9. The number of fused-ring (bicyclic) bond motifs is 1. The molecule has 0 unspecified atom stereocenters. The number of hydrogen-bond acceptors (Lipinski definition) is 6. The number of amides is 1. The lowest BCUT2D eigenvalue weighted by atomic mass is 10.1. The lowest BCUT2D eigenvalue weighted by Gasteiger charge is -2.26. The molecule has 150 valence electrons. The molecule has 8 heteroatoms. The van der Waals surface area contributed by atoms with Crippen LogP contribution in [0.3, 0.4) is 0 Å². The number of nitriles is 1. The van der Waals surface area contributed by atoms with Crippen molar-refractivity contribution in [1.82, 2.24) is 14.3 Å². The van der Waals surface area contributed by atoms with Gasteiger partial charge in [0, 0.05) is 19.3 Å². The van der Waals surface area contributed by atoms with Gasteiger partial charge in [-0.05, 0) is 30.3 Å². The Morgan fingerprint density at radius 2 is 1.87 bits per heavy atom. The van der Waals surface area contributed by atoms with Crippen LogP contribution >= 0.6 is 0 Å². The number of hydrogen-bond donors (Lipinski definition) is 0. The summed E-state index contributed by atoms with van der Waals surface area (Å²) in [5, 5.41) is 9.61. The van der Waals surface area contributed by atoms with Crippen LogP contribution in [-0.2, 0) is 9.53 Å². The van der Waals surface area contributed by atoms with E-state index >= 15 is 0 Å². The van der Waals surface area contributed by atoms with Gasteiger partial charge in [0.05, 0.1) is 13.2 Å². The van der Waals surface area contributed by atoms with Gasteiger partial charge in [-0.2, -0.15) is 10.2 Å². The van der Waals surface area contributed by atoms with Crippen molar-refractivity contribution in [1.29, 1.82) is 5.26 Å². The molecule has 1 saturated heterocycles. The fraction of sp³-hybridized carbons (Fsp3) is 0.182. The average Bonchev–Trinajstić information content (AvgIpc) is 2.80. The first kappa shape index (κ1) is 19.4. The number of nitrogens with zero attached hydrogens (tertiary/aromatic N) is 4. The molecule has 3 aromatic rings. The van der Waals surface area contributed by atoms with Gasteiger partial charge >= 0.3 is 0 Å². The van der Waals surface area contributed by atoms with Gasteiger partial charge in [-0.25, -0.2) is 0 Å². The first-order chi connectivity index (χ1) is 14.7. The third kappa shape index (κ3) is 3.92. The minimum atomic E-state index is -0.455. The standard InChI is InChI=1S/C22H18N4O4/c23-15-16(21(27)25-10-12-29-13-11-25)14-18-20(30-17-6-2-1-3-7-17)24-19-8-4-5-9-26(19)22(18)28/h1-9,14H,10-13H2/b16-14-. The van der Waals surface area contributed by atoms with Gasteiger partial charge in [-0.1, -0.05) is 24.3 Å². The summed E-state index contributed by atoms with van der Waals surface area (Å²) in [6, 6.07) is 15.9. The molecule has 3 heterocycles. The van der Waals surface area contributed by atoms with E-state index in [-0.39, 0.29) is 17.0 Å². The summed E-state index contributed by atoms with van der Waals surface area (Å²) >= 11 is 0. The Balaban J connectivity index is 1.83. The van der Waals surface area contributed by atoms with Gasteiger partial charge in [-0.3, -0.25) is 14.0 Å². The quantitative estimate of drug-likeness (QED) is 0.491. The molecule has 4 rings (SSSR count). The summed E-state index contributed by atoms with van der Waals surface area (Å²) in [5.41, 5.74) is -0.178. The van der Waals surface area contributed by atoms with Crippen LogP contribution in [0.4, 0.5) is 0 Å². The maximum absolute atomic E-state index is 13.1. The molecule has 1 aliphatic rings. The number of ether oxygens (including phenoxy) is 2. The highest BCUT2D eigenvalue weighted by molar-refractivity contribution is 6.02. The molecule has 0 atom stereocenters. The Morgan fingerprint density at radius 3 is 2.60 bits per heavy atom. The highest BCUT2D eigenvalue weighted by Crippen LogP contribution is 2.24. The van der Waals surface area contributed by atoms with E-state index in [1.807, 2.05) is 12.1 Å². The minimum absolute atomic E-state index is 0.0277. The molecule has 1 aliphatic heterocycles. The Labute approximate surface area is 172 Å². The molecule has 1 aromatic carbocycles. The Kier molecular flexibility index (Phi) is 5.54. The first-order valence-electron chi connectivity index (χ1n) is 9.40. The lowest BCUT2D eigenvalue weighted by molar-refractivity contribution is -0.130. The van der Waals surface area contributed by atoms with Gasteiger partial charge in [0.1, 0.15) is 28.6 Å². The third-order valence-corrected chi connectivity index (χ3v) is 4.63. The molecular formula is C22H18N4O4. The molecule has 0 spiro atoms. The van der Waals surface area contributed by atoms with E-state index < -0.39 is 11.5 Å². The van der Waals surface area contributed by atoms with E-state index in [0.717, 1.165) is 0 Å². The first-order valence-corrected chi connectivity index (χ1v) is 9.40. The fourth-order valence-corrected chi connectivity index (χ4v) is 3.11. The number of carbonyl (C=O) groups is 1. The molecule has 0 radical (unpaired) electrons. The second kappa shape index (κ2) is 8.59. The molecule has 1 amide bonds. The molecule has 0 saturated carbocycles. The number of aromatic nitrogens is 2. The number of pyridine rings is 1. The summed E-state index contributed by atoms with van der Waals surface area (Å²) in [5.74, 6) is 0.0568. The number of benzene rings is 1. The van der Waals surface area contributed by atoms with Crippen molar-refractivity contribution in [2.75, 3.05) is 26.3 Å². The lowest BCUT2D eigenvalue weighted by Crippen LogP contribution is -2.41. The predicted octanol–water partition coefficient (Wildman–Crippen LogP) is 2.25. The van der Waals surface area contributed by atoms with Crippen LogP contribution in [0.25, 0.3) is 11.7 Å². The van der Waals surface area contributed by atoms with Crippen molar-refractivity contribution < 1.29 is 14.3 Å². The van der Waals surface area contributed by atoms with Crippen molar-refractivity contribution in [2.45, 2.75) is 0 Å². The summed E-state index contributed by atoms with van der Waals surface area (Å²) < 4.78 is 12.4. The predicted molar refractivity (Wildman–Crippen MR) is 109 cm³/mol. The van der Waals surface area contributed by atoms with Crippen molar-refractivity contribution in [2.24, 2.45) is 0 Å². The van der Waals surface area contributed by atoms with Crippen LogP contribution < -0.4 is 10.3 Å². The summed E-state index contributed by atoms with van der Waals surface area (Å²) in [6.07, 6.45) is 2.83. The topological polar surface area (TPSA) is 96.9 Å². The van der Waals surface area contributed by atoms with Crippen molar-refractivity contribution in [3.8, 4) is 17.7 Å². The van der Waals surface area contributed by atoms with Crippen molar-refractivity contribution in [3.63, 3.8) is 0 Å². The zero-order valence-electron chi connectivity index (χ0n) is 16.0. The summed E-state index contributed by atoms with van der Waals surface area (Å²) in [6.45, 7) is 1.60. The van der Waals surface area contributed by atoms with Gasteiger partial charge in [0.2, 0.25) is 5.88 Å². The van der Waals surface area contributed by atoms with Gasteiger partial charge in [0.25, 0.3) is 11.5 Å². The van der Waals surface area contributed by atoms with Gasteiger partial charge in [0.15, 0.2) is 0 Å². The van der Waals surface area contributed by atoms with Crippen LogP contribution in [0.5, 0.6) is 11.6 Å². The molecule has 8 nitrogen and oxygen atoms in total. The smallest absolute Gasteiger partial charge is 0.269 e. The normalized spacial score (nSPS) is 14.4. The monoisotopic (exact) mass is 402 g/mol.